The van der Waals surface area contributed by atoms with Gasteiger partial charge in [-0.15, -0.1) is 0 Å². The number of aromatic nitrogens is 1. The molecule has 0 saturated heterocycles. The largest absolute Gasteiger partial charge is 0.347 e. The van der Waals surface area contributed by atoms with E-state index in [4.69, 9.17) is 17.1 Å². The van der Waals surface area contributed by atoms with E-state index >= 15 is 0 Å². The van der Waals surface area contributed by atoms with E-state index in [0.717, 1.165) is 10.9 Å². The Kier molecular flexibility index (Phi) is 3.22. The number of azide groups is 1. The van der Waals surface area contributed by atoms with Crippen molar-refractivity contribution in [1.82, 2.24) is 4.57 Å². The molecule has 0 aliphatic carbocycles. The van der Waals surface area contributed by atoms with Crippen LogP contribution in [-0.4, -0.2) is 10.6 Å². The Morgan fingerprint density at radius 2 is 2.35 bits per heavy atom. The summed E-state index contributed by atoms with van der Waals surface area (Å²) in [5.74, 6) is -0.449. The van der Waals surface area contributed by atoms with Crippen LogP contribution >= 0.6 is 11.6 Å². The maximum atomic E-state index is 13.4. The second-order valence-electron chi connectivity index (χ2n) is 3.85. The van der Waals surface area contributed by atoms with Crippen molar-refractivity contribution in [3.63, 3.8) is 0 Å². The van der Waals surface area contributed by atoms with Crippen LogP contribution in [0.5, 0.6) is 0 Å². The quantitative estimate of drug-likeness (QED) is 0.448. The summed E-state index contributed by atoms with van der Waals surface area (Å²) in [7, 11) is 0. The molecule has 1 unspecified atom stereocenters. The van der Waals surface area contributed by atoms with Crippen molar-refractivity contribution in [2.45, 2.75) is 19.5 Å². The second-order valence-corrected chi connectivity index (χ2v) is 4.25. The molecular weight excluding hydrogens is 243 g/mol. The van der Waals surface area contributed by atoms with Crippen LogP contribution in [0.1, 0.15) is 6.92 Å². The van der Waals surface area contributed by atoms with Crippen molar-refractivity contribution in [3.8, 4) is 0 Å². The minimum absolute atomic E-state index is 0.110. The molecule has 1 atom stereocenters. The highest BCUT2D eigenvalue weighted by molar-refractivity contribution is 6.31. The lowest BCUT2D eigenvalue weighted by Gasteiger charge is -2.08. The third-order valence-corrected chi connectivity index (χ3v) is 2.81. The number of halogens is 2. The lowest BCUT2D eigenvalue weighted by atomic mass is 10.2. The van der Waals surface area contributed by atoms with Crippen molar-refractivity contribution >= 4 is 22.5 Å². The Hall–Kier alpha value is -1.71. The van der Waals surface area contributed by atoms with E-state index in [1.54, 1.807) is 13.0 Å². The van der Waals surface area contributed by atoms with Crippen molar-refractivity contribution in [1.29, 1.82) is 0 Å². The minimum Gasteiger partial charge on any atom is -0.347 e. The molecule has 0 fully saturated rings. The molecule has 2 rings (SSSR count). The van der Waals surface area contributed by atoms with Gasteiger partial charge in [-0.1, -0.05) is 23.6 Å². The molecule has 17 heavy (non-hydrogen) atoms. The van der Waals surface area contributed by atoms with Gasteiger partial charge < -0.3 is 4.57 Å². The molecule has 0 spiro atoms. The van der Waals surface area contributed by atoms with E-state index < -0.39 is 5.82 Å². The second kappa shape index (κ2) is 4.65. The summed E-state index contributed by atoms with van der Waals surface area (Å²) in [6.45, 7) is 2.31. The van der Waals surface area contributed by atoms with Gasteiger partial charge in [-0.2, -0.15) is 0 Å². The van der Waals surface area contributed by atoms with Crippen LogP contribution in [0.4, 0.5) is 4.39 Å². The third-order valence-electron chi connectivity index (χ3n) is 2.52. The molecule has 88 valence electrons. The molecule has 0 saturated carbocycles. The molecule has 6 heteroatoms. The molecule has 4 nitrogen and oxygen atoms in total. The number of fused-ring (bicyclic) bond motifs is 1. The highest BCUT2D eigenvalue weighted by Crippen LogP contribution is 2.24. The fourth-order valence-corrected chi connectivity index (χ4v) is 1.93. The Morgan fingerprint density at radius 3 is 3.06 bits per heavy atom. The lowest BCUT2D eigenvalue weighted by Crippen LogP contribution is -2.08. The van der Waals surface area contributed by atoms with Crippen molar-refractivity contribution in [3.05, 3.63) is 45.7 Å². The van der Waals surface area contributed by atoms with Crippen molar-refractivity contribution in [2.24, 2.45) is 5.11 Å². The highest BCUT2D eigenvalue weighted by atomic mass is 35.5. The van der Waals surface area contributed by atoms with E-state index in [9.17, 15) is 4.39 Å². The molecule has 1 aromatic heterocycles. The topological polar surface area (TPSA) is 53.7 Å². The van der Waals surface area contributed by atoms with E-state index in [2.05, 4.69) is 10.0 Å². The number of hydrogen-bond donors (Lipinski definition) is 0. The van der Waals surface area contributed by atoms with Crippen molar-refractivity contribution in [2.75, 3.05) is 0 Å². The molecule has 1 aromatic carbocycles. The molecule has 2 aromatic rings. The van der Waals surface area contributed by atoms with Gasteiger partial charge >= 0.3 is 0 Å². The number of rotatable bonds is 3. The predicted molar refractivity (Wildman–Crippen MR) is 65.5 cm³/mol. The Labute approximate surface area is 102 Å². The van der Waals surface area contributed by atoms with E-state index in [0.29, 0.717) is 6.54 Å². The summed E-state index contributed by atoms with van der Waals surface area (Å²) in [4.78, 5) is 2.74. The zero-order valence-electron chi connectivity index (χ0n) is 9.14. The summed E-state index contributed by atoms with van der Waals surface area (Å²) in [6.07, 6.45) is 1.82. The summed E-state index contributed by atoms with van der Waals surface area (Å²) in [5.41, 5.74) is 9.07. The lowest BCUT2D eigenvalue weighted by molar-refractivity contribution is 0.598. The fraction of sp³-hybridized carbons (Fsp3) is 0.273. The van der Waals surface area contributed by atoms with Crippen LogP contribution in [0.2, 0.25) is 5.02 Å². The average Bonchev–Trinajstić information content (AvgIpc) is 2.63. The smallest absolute Gasteiger partial charge is 0.143 e. The van der Waals surface area contributed by atoms with E-state index in [1.165, 1.54) is 6.07 Å². The van der Waals surface area contributed by atoms with E-state index in [1.807, 2.05) is 16.8 Å². The van der Waals surface area contributed by atoms with Gasteiger partial charge in [0, 0.05) is 23.0 Å². The minimum atomic E-state index is -0.449. The number of hydrogen-bond acceptors (Lipinski definition) is 1. The highest BCUT2D eigenvalue weighted by Gasteiger charge is 2.08. The number of nitrogens with zero attached hydrogens (tertiary/aromatic N) is 4. The van der Waals surface area contributed by atoms with Gasteiger partial charge in [0.15, 0.2) is 0 Å². The van der Waals surface area contributed by atoms with Crippen LogP contribution in [0.3, 0.4) is 0 Å². The maximum Gasteiger partial charge on any atom is 0.143 e. The summed E-state index contributed by atoms with van der Waals surface area (Å²) in [6, 6.07) is 4.64. The van der Waals surface area contributed by atoms with Gasteiger partial charge in [0.2, 0.25) is 0 Å². The van der Waals surface area contributed by atoms with Crippen LogP contribution in [-0.2, 0) is 6.54 Å². The van der Waals surface area contributed by atoms with Gasteiger partial charge in [-0.3, -0.25) is 0 Å². The van der Waals surface area contributed by atoms with Gasteiger partial charge in [0.05, 0.1) is 16.6 Å². The first-order valence-corrected chi connectivity index (χ1v) is 5.47. The molecule has 1 heterocycles. The Bertz CT molecular complexity index is 601. The first kappa shape index (κ1) is 11.8. The van der Waals surface area contributed by atoms with Crippen molar-refractivity contribution < 1.29 is 4.39 Å². The molecule has 0 N–H and O–H groups in total. The first-order valence-electron chi connectivity index (χ1n) is 5.10. The van der Waals surface area contributed by atoms with Crippen LogP contribution in [0, 0.1) is 5.82 Å². The van der Waals surface area contributed by atoms with Crippen LogP contribution in [0.15, 0.2) is 29.5 Å². The molecule has 0 radical (unpaired) electrons. The standard InChI is InChI=1S/C11H10ClFN4/c1-7(15-16-14)6-17-3-2-8-4-9(12)10(13)5-11(8)17/h2-5,7H,6H2,1H3. The Morgan fingerprint density at radius 1 is 1.59 bits per heavy atom. The summed E-state index contributed by atoms with van der Waals surface area (Å²) >= 11 is 5.70. The normalized spacial score (nSPS) is 12.4. The number of benzene rings is 1. The molecule has 0 aliphatic heterocycles. The monoisotopic (exact) mass is 252 g/mol. The Balaban J connectivity index is 2.42. The summed E-state index contributed by atoms with van der Waals surface area (Å²) in [5, 5.41) is 4.56. The van der Waals surface area contributed by atoms with Gasteiger partial charge in [-0.25, -0.2) is 4.39 Å². The predicted octanol–water partition coefficient (Wildman–Crippen LogP) is 4.13. The fourth-order valence-electron chi connectivity index (χ4n) is 1.75. The zero-order chi connectivity index (χ0) is 12.4. The zero-order valence-corrected chi connectivity index (χ0v) is 9.89. The molecule has 0 aliphatic rings. The van der Waals surface area contributed by atoms with Gasteiger partial charge in [0.1, 0.15) is 5.82 Å². The summed E-state index contributed by atoms with van der Waals surface area (Å²) < 4.78 is 15.2. The SMILES string of the molecule is CC(Cn1ccc2cc(Cl)c(F)cc21)N=[N+]=[N-]. The average molecular weight is 253 g/mol. The van der Waals surface area contributed by atoms with Gasteiger partial charge in [0.25, 0.3) is 0 Å². The third kappa shape index (κ3) is 2.35. The van der Waals surface area contributed by atoms with Crippen LogP contribution < -0.4 is 0 Å². The molecular formula is C11H10ClFN4. The maximum absolute atomic E-state index is 13.4. The van der Waals surface area contributed by atoms with Gasteiger partial charge in [-0.05, 0) is 23.7 Å². The molecule has 0 amide bonds. The first-order chi connectivity index (χ1) is 8.11. The van der Waals surface area contributed by atoms with Crippen LogP contribution in [0.25, 0.3) is 21.3 Å². The van der Waals surface area contributed by atoms with E-state index in [-0.39, 0.29) is 11.1 Å². The molecule has 0 bridgehead atoms.